The number of ether oxygens (including phenoxy) is 2. The number of benzene rings is 2. The van der Waals surface area contributed by atoms with Crippen LogP contribution in [0.3, 0.4) is 0 Å². The van der Waals surface area contributed by atoms with Crippen LogP contribution in [0.2, 0.25) is 0 Å². The summed E-state index contributed by atoms with van der Waals surface area (Å²) < 4.78 is 10.8. The molecule has 0 unspecified atom stereocenters. The number of likely N-dealkylation sites (N-methyl/N-ethyl adjacent to an activating group) is 1. The van der Waals surface area contributed by atoms with E-state index in [1.54, 1.807) is 18.2 Å². The number of hydrogen-bond acceptors (Lipinski definition) is 5. The first-order chi connectivity index (χ1) is 13.5. The van der Waals surface area contributed by atoms with Crippen molar-refractivity contribution in [3.05, 3.63) is 59.2 Å². The number of anilines is 1. The minimum absolute atomic E-state index is 0.0316. The molecule has 2 aromatic rings. The van der Waals surface area contributed by atoms with Crippen LogP contribution < -0.4 is 20.1 Å². The standard InChI is InChI=1S/C21H21N3O4/c1-14-6-4-5-7-17(14)24-20(25)13-28-18-9-8-15(11-19(18)27-3)10-16(12-22)21(26)23-2/h4-11H,13H2,1-3H3,(H,23,26)(H,24,25). The van der Waals surface area contributed by atoms with Crippen molar-refractivity contribution in [3.8, 4) is 17.6 Å². The molecule has 7 heteroatoms. The number of rotatable bonds is 7. The van der Waals surface area contributed by atoms with Gasteiger partial charge in [0.15, 0.2) is 18.1 Å². The van der Waals surface area contributed by atoms with Crippen LogP contribution >= 0.6 is 0 Å². The largest absolute Gasteiger partial charge is 0.493 e. The first-order valence-corrected chi connectivity index (χ1v) is 8.48. The van der Waals surface area contributed by atoms with Gasteiger partial charge in [0.2, 0.25) is 0 Å². The van der Waals surface area contributed by atoms with E-state index in [9.17, 15) is 9.59 Å². The second-order valence-corrected chi connectivity index (χ2v) is 5.81. The van der Waals surface area contributed by atoms with Crippen molar-refractivity contribution in [2.24, 2.45) is 0 Å². The maximum Gasteiger partial charge on any atom is 0.262 e. The Kier molecular flexibility index (Phi) is 7.17. The summed E-state index contributed by atoms with van der Waals surface area (Å²) in [5.41, 5.74) is 2.24. The van der Waals surface area contributed by atoms with E-state index in [-0.39, 0.29) is 18.1 Å². The molecule has 2 amide bonds. The molecular formula is C21H21N3O4. The Morgan fingerprint density at radius 3 is 2.57 bits per heavy atom. The van der Waals surface area contributed by atoms with Gasteiger partial charge in [-0.05, 0) is 42.3 Å². The molecule has 0 saturated heterocycles. The zero-order chi connectivity index (χ0) is 20.5. The van der Waals surface area contributed by atoms with Gasteiger partial charge in [0, 0.05) is 12.7 Å². The lowest BCUT2D eigenvalue weighted by molar-refractivity contribution is -0.118. The van der Waals surface area contributed by atoms with E-state index in [2.05, 4.69) is 10.6 Å². The van der Waals surface area contributed by atoms with Gasteiger partial charge in [-0.2, -0.15) is 5.26 Å². The molecule has 0 aromatic heterocycles. The Balaban J connectivity index is 2.09. The third-order valence-corrected chi connectivity index (χ3v) is 3.87. The van der Waals surface area contributed by atoms with E-state index in [1.165, 1.54) is 20.2 Å². The van der Waals surface area contributed by atoms with Crippen LogP contribution in [0.5, 0.6) is 11.5 Å². The predicted octanol–water partition coefficient (Wildman–Crippen LogP) is 2.67. The number of hydrogen-bond donors (Lipinski definition) is 2. The zero-order valence-corrected chi connectivity index (χ0v) is 15.9. The SMILES string of the molecule is CNC(=O)C(C#N)=Cc1ccc(OCC(=O)Nc2ccccc2C)c(OC)c1. The highest BCUT2D eigenvalue weighted by Gasteiger charge is 2.11. The number of carbonyl (C=O) groups excluding carboxylic acids is 2. The van der Waals surface area contributed by atoms with Gasteiger partial charge in [0.25, 0.3) is 11.8 Å². The van der Waals surface area contributed by atoms with Crippen molar-refractivity contribution in [1.82, 2.24) is 5.32 Å². The third kappa shape index (κ3) is 5.35. The molecule has 0 atom stereocenters. The fourth-order valence-electron chi connectivity index (χ4n) is 2.39. The molecule has 0 heterocycles. The summed E-state index contributed by atoms with van der Waals surface area (Å²) in [4.78, 5) is 23.7. The van der Waals surface area contributed by atoms with Crippen molar-refractivity contribution in [2.45, 2.75) is 6.92 Å². The average molecular weight is 379 g/mol. The lowest BCUT2D eigenvalue weighted by atomic mass is 10.1. The summed E-state index contributed by atoms with van der Waals surface area (Å²) in [5.74, 6) is -0.0222. The van der Waals surface area contributed by atoms with Gasteiger partial charge in [-0.3, -0.25) is 9.59 Å². The molecule has 7 nitrogen and oxygen atoms in total. The molecule has 2 rings (SSSR count). The van der Waals surface area contributed by atoms with Gasteiger partial charge in [-0.15, -0.1) is 0 Å². The van der Waals surface area contributed by atoms with Gasteiger partial charge < -0.3 is 20.1 Å². The van der Waals surface area contributed by atoms with Crippen LogP contribution in [0.15, 0.2) is 48.0 Å². The van der Waals surface area contributed by atoms with Gasteiger partial charge in [-0.25, -0.2) is 0 Å². The molecule has 0 radical (unpaired) electrons. The van der Waals surface area contributed by atoms with Crippen LogP contribution in [0.25, 0.3) is 6.08 Å². The number of nitrogens with zero attached hydrogens (tertiary/aromatic N) is 1. The fraction of sp³-hybridized carbons (Fsp3) is 0.190. The Bertz CT molecular complexity index is 945. The highest BCUT2D eigenvalue weighted by molar-refractivity contribution is 6.01. The first-order valence-electron chi connectivity index (χ1n) is 8.48. The van der Waals surface area contributed by atoms with Crippen LogP contribution in [0.1, 0.15) is 11.1 Å². The molecule has 0 aliphatic rings. The van der Waals surface area contributed by atoms with Gasteiger partial charge in [0.1, 0.15) is 11.6 Å². The highest BCUT2D eigenvalue weighted by Crippen LogP contribution is 2.29. The summed E-state index contributed by atoms with van der Waals surface area (Å²) >= 11 is 0. The second kappa shape index (κ2) is 9.78. The Labute approximate surface area is 163 Å². The van der Waals surface area contributed by atoms with E-state index in [0.717, 1.165) is 11.3 Å². The van der Waals surface area contributed by atoms with Crippen LogP contribution in [-0.4, -0.2) is 32.6 Å². The molecule has 0 bridgehead atoms. The van der Waals surface area contributed by atoms with Crippen LogP contribution in [0, 0.1) is 18.3 Å². The van der Waals surface area contributed by atoms with Crippen LogP contribution in [0.4, 0.5) is 5.69 Å². The number of amides is 2. The van der Waals surface area contributed by atoms with Crippen molar-refractivity contribution < 1.29 is 19.1 Å². The van der Waals surface area contributed by atoms with Crippen molar-refractivity contribution in [3.63, 3.8) is 0 Å². The third-order valence-electron chi connectivity index (χ3n) is 3.87. The van der Waals surface area contributed by atoms with E-state index in [1.807, 2.05) is 37.3 Å². The topological polar surface area (TPSA) is 100 Å². The molecule has 2 N–H and O–H groups in total. The molecule has 28 heavy (non-hydrogen) atoms. The fourth-order valence-corrected chi connectivity index (χ4v) is 2.39. The lowest BCUT2D eigenvalue weighted by Gasteiger charge is -2.12. The summed E-state index contributed by atoms with van der Waals surface area (Å²) in [5, 5.41) is 14.3. The molecule has 0 saturated carbocycles. The van der Waals surface area contributed by atoms with E-state index in [4.69, 9.17) is 14.7 Å². The smallest absolute Gasteiger partial charge is 0.262 e. The highest BCUT2D eigenvalue weighted by atomic mass is 16.5. The average Bonchev–Trinajstić information content (AvgIpc) is 2.71. The van der Waals surface area contributed by atoms with Crippen LogP contribution in [-0.2, 0) is 9.59 Å². The monoisotopic (exact) mass is 379 g/mol. The Morgan fingerprint density at radius 2 is 1.93 bits per heavy atom. The summed E-state index contributed by atoms with van der Waals surface area (Å²) in [6.45, 7) is 1.71. The number of aryl methyl sites for hydroxylation is 1. The quantitative estimate of drug-likeness (QED) is 0.569. The molecule has 0 aliphatic carbocycles. The molecule has 0 spiro atoms. The number of carbonyl (C=O) groups is 2. The Morgan fingerprint density at radius 1 is 1.18 bits per heavy atom. The number of para-hydroxylation sites is 1. The van der Waals surface area contributed by atoms with Crippen molar-refractivity contribution in [2.75, 3.05) is 26.1 Å². The zero-order valence-electron chi connectivity index (χ0n) is 15.9. The molecular weight excluding hydrogens is 358 g/mol. The molecule has 144 valence electrons. The number of nitrogens with one attached hydrogen (secondary N) is 2. The molecule has 0 aliphatic heterocycles. The van der Waals surface area contributed by atoms with E-state index in [0.29, 0.717) is 17.1 Å². The molecule has 2 aromatic carbocycles. The first kappa shape index (κ1) is 20.5. The minimum Gasteiger partial charge on any atom is -0.493 e. The maximum atomic E-state index is 12.1. The van der Waals surface area contributed by atoms with Gasteiger partial charge >= 0.3 is 0 Å². The summed E-state index contributed by atoms with van der Waals surface area (Å²) in [6, 6.07) is 14.2. The van der Waals surface area contributed by atoms with E-state index >= 15 is 0 Å². The minimum atomic E-state index is -0.477. The summed E-state index contributed by atoms with van der Waals surface area (Å²) in [7, 11) is 2.92. The summed E-state index contributed by atoms with van der Waals surface area (Å²) in [6.07, 6.45) is 1.44. The number of nitriles is 1. The van der Waals surface area contributed by atoms with Gasteiger partial charge in [-0.1, -0.05) is 24.3 Å². The predicted molar refractivity (Wildman–Crippen MR) is 106 cm³/mol. The second-order valence-electron chi connectivity index (χ2n) is 5.81. The van der Waals surface area contributed by atoms with Crippen molar-refractivity contribution >= 4 is 23.6 Å². The van der Waals surface area contributed by atoms with Gasteiger partial charge in [0.05, 0.1) is 7.11 Å². The Hall–Kier alpha value is -3.79. The maximum absolute atomic E-state index is 12.1. The molecule has 0 fully saturated rings. The van der Waals surface area contributed by atoms with E-state index < -0.39 is 5.91 Å². The normalized spacial score (nSPS) is 10.6. The number of methoxy groups -OCH3 is 1. The lowest BCUT2D eigenvalue weighted by Crippen LogP contribution is -2.20. The van der Waals surface area contributed by atoms with Crippen molar-refractivity contribution in [1.29, 1.82) is 5.26 Å².